The molecule has 0 atom stereocenters. The summed E-state index contributed by atoms with van der Waals surface area (Å²) in [4.78, 5) is 13.5. The summed E-state index contributed by atoms with van der Waals surface area (Å²) >= 11 is 0. The Morgan fingerprint density at radius 3 is 1.72 bits per heavy atom. The highest BCUT2D eigenvalue weighted by atomic mass is 16.1. The highest BCUT2D eigenvalue weighted by Gasteiger charge is 2.38. The second-order valence-corrected chi connectivity index (χ2v) is 10.5. The third kappa shape index (κ3) is 5.49. The normalized spacial score (nSPS) is 12.3. The van der Waals surface area contributed by atoms with Crippen LogP contribution in [0.3, 0.4) is 0 Å². The highest BCUT2D eigenvalue weighted by Crippen LogP contribution is 2.41. The van der Waals surface area contributed by atoms with E-state index in [1.807, 2.05) is 89.3 Å². The lowest BCUT2D eigenvalue weighted by Gasteiger charge is -2.38. The molecule has 39 heavy (non-hydrogen) atoms. The van der Waals surface area contributed by atoms with Crippen molar-refractivity contribution in [3.05, 3.63) is 125 Å². The van der Waals surface area contributed by atoms with E-state index in [1.54, 1.807) is 10.9 Å². The van der Waals surface area contributed by atoms with Crippen LogP contribution in [0.5, 0.6) is 0 Å². The molecule has 0 unspecified atom stereocenters. The van der Waals surface area contributed by atoms with Crippen LogP contribution in [0.4, 0.5) is 11.5 Å². The van der Waals surface area contributed by atoms with Crippen molar-refractivity contribution in [2.45, 2.75) is 39.7 Å². The first kappa shape index (κ1) is 27.4. The molecular formula is C33H35N5O. The maximum absolute atomic E-state index is 13.5. The summed E-state index contributed by atoms with van der Waals surface area (Å²) in [6.45, 7) is 7.73. The molecule has 4 rings (SSSR count). The molecule has 2 N–H and O–H groups in total. The molecule has 1 aromatic heterocycles. The standard InChI is InChI=1S/C33H35N5O/c1-6-27(28(22-34)32(2,3)4)31(39)36-29-23-35-38(5)30(29)37-33(24-16-10-7-11-17-24,25-18-12-8-13-19-25)26-20-14-9-15-21-26/h7-21,23,37H,6H2,1-5H3,(H,36,39)/b28-27+. The zero-order chi connectivity index (χ0) is 28.0. The van der Waals surface area contributed by atoms with Gasteiger partial charge in [-0.1, -0.05) is 119 Å². The Morgan fingerprint density at radius 1 is 0.872 bits per heavy atom. The van der Waals surface area contributed by atoms with Crippen molar-refractivity contribution in [2.24, 2.45) is 12.5 Å². The fraction of sp³-hybridized carbons (Fsp3) is 0.242. The highest BCUT2D eigenvalue weighted by molar-refractivity contribution is 6.06. The largest absolute Gasteiger partial charge is 0.351 e. The number of carbonyl (C=O) groups is 1. The third-order valence-electron chi connectivity index (χ3n) is 6.90. The van der Waals surface area contributed by atoms with Gasteiger partial charge in [-0.3, -0.25) is 9.48 Å². The van der Waals surface area contributed by atoms with Gasteiger partial charge in [0.25, 0.3) is 5.91 Å². The Kier molecular flexibility index (Phi) is 8.01. The number of rotatable bonds is 8. The van der Waals surface area contributed by atoms with E-state index in [2.05, 4.69) is 58.2 Å². The second kappa shape index (κ2) is 11.4. The molecule has 0 saturated carbocycles. The van der Waals surface area contributed by atoms with Crippen LogP contribution in [0, 0.1) is 16.7 Å². The molecule has 1 heterocycles. The van der Waals surface area contributed by atoms with E-state index in [-0.39, 0.29) is 5.91 Å². The Bertz CT molecular complexity index is 1390. The van der Waals surface area contributed by atoms with Crippen LogP contribution < -0.4 is 10.6 Å². The molecular weight excluding hydrogens is 482 g/mol. The van der Waals surface area contributed by atoms with Crippen molar-refractivity contribution in [3.8, 4) is 6.07 Å². The summed E-state index contributed by atoms with van der Waals surface area (Å²) in [5.74, 6) is 0.342. The lowest BCUT2D eigenvalue weighted by molar-refractivity contribution is -0.113. The van der Waals surface area contributed by atoms with Crippen molar-refractivity contribution in [3.63, 3.8) is 0 Å². The molecule has 198 valence electrons. The second-order valence-electron chi connectivity index (χ2n) is 10.5. The van der Waals surface area contributed by atoms with Gasteiger partial charge >= 0.3 is 0 Å². The van der Waals surface area contributed by atoms with Gasteiger partial charge in [0, 0.05) is 18.2 Å². The quantitative estimate of drug-likeness (QED) is 0.149. The number of aromatic nitrogens is 2. The lowest BCUT2D eigenvalue weighted by atomic mass is 9.77. The van der Waals surface area contributed by atoms with E-state index in [9.17, 15) is 10.1 Å². The Morgan fingerprint density at radius 2 is 1.33 bits per heavy atom. The molecule has 0 fully saturated rings. The average Bonchev–Trinajstić information content (AvgIpc) is 3.28. The summed E-state index contributed by atoms with van der Waals surface area (Å²) in [5, 5.41) is 21.2. The van der Waals surface area contributed by atoms with E-state index in [1.165, 1.54) is 0 Å². The smallest absolute Gasteiger partial charge is 0.252 e. The van der Waals surface area contributed by atoms with Crippen LogP contribution in [0.15, 0.2) is 108 Å². The fourth-order valence-corrected chi connectivity index (χ4v) is 4.97. The molecule has 0 saturated heterocycles. The minimum Gasteiger partial charge on any atom is -0.351 e. The zero-order valence-electron chi connectivity index (χ0n) is 23.2. The number of nitrogens with one attached hydrogen (secondary N) is 2. The first-order valence-corrected chi connectivity index (χ1v) is 13.1. The van der Waals surface area contributed by atoms with Gasteiger partial charge in [0.15, 0.2) is 0 Å². The molecule has 4 aromatic rings. The average molecular weight is 518 g/mol. The van der Waals surface area contributed by atoms with Crippen molar-refractivity contribution >= 4 is 17.4 Å². The molecule has 0 aliphatic rings. The number of amides is 1. The van der Waals surface area contributed by atoms with Gasteiger partial charge < -0.3 is 10.6 Å². The summed E-state index contributed by atoms with van der Waals surface area (Å²) in [5.41, 5.74) is 3.36. The van der Waals surface area contributed by atoms with Gasteiger partial charge in [-0.25, -0.2) is 0 Å². The molecule has 6 nitrogen and oxygen atoms in total. The minimum atomic E-state index is -0.788. The Labute approximate surface area is 231 Å². The number of allylic oxidation sites excluding steroid dienone is 1. The first-order valence-electron chi connectivity index (χ1n) is 13.1. The number of anilines is 2. The topological polar surface area (TPSA) is 82.7 Å². The van der Waals surface area contributed by atoms with Crippen LogP contribution >= 0.6 is 0 Å². The van der Waals surface area contributed by atoms with Gasteiger partial charge in [0.2, 0.25) is 0 Å². The van der Waals surface area contributed by atoms with Crippen LogP contribution in [0.2, 0.25) is 0 Å². The maximum atomic E-state index is 13.5. The molecule has 0 aliphatic carbocycles. The summed E-state index contributed by atoms with van der Waals surface area (Å²) in [6.07, 6.45) is 2.08. The van der Waals surface area contributed by atoms with Crippen LogP contribution in [-0.4, -0.2) is 15.7 Å². The number of hydrogen-bond acceptors (Lipinski definition) is 4. The number of nitrogens with zero attached hydrogens (tertiary/aromatic N) is 3. The molecule has 0 bridgehead atoms. The SMILES string of the molecule is CC/C(C(=O)Nc1cnn(C)c1NC(c1ccccc1)(c1ccccc1)c1ccccc1)=C(/C#N)C(C)(C)C. The number of benzene rings is 3. The number of aryl methyl sites for hydroxylation is 1. The zero-order valence-corrected chi connectivity index (χ0v) is 23.2. The molecule has 3 aromatic carbocycles. The predicted molar refractivity (Wildman–Crippen MR) is 157 cm³/mol. The predicted octanol–water partition coefficient (Wildman–Crippen LogP) is 7.04. The van der Waals surface area contributed by atoms with Crippen molar-refractivity contribution in [2.75, 3.05) is 10.6 Å². The molecule has 1 amide bonds. The number of carbonyl (C=O) groups excluding carboxylic acids is 1. The molecule has 0 spiro atoms. The maximum Gasteiger partial charge on any atom is 0.252 e. The summed E-state index contributed by atoms with van der Waals surface area (Å²) in [6, 6.07) is 33.0. The Hall–Kier alpha value is -4.63. The van der Waals surface area contributed by atoms with Crippen LogP contribution in [0.1, 0.15) is 50.8 Å². The van der Waals surface area contributed by atoms with Crippen LogP contribution in [0.25, 0.3) is 0 Å². The van der Waals surface area contributed by atoms with Gasteiger partial charge in [-0.2, -0.15) is 10.4 Å². The van der Waals surface area contributed by atoms with E-state index in [0.29, 0.717) is 29.1 Å². The van der Waals surface area contributed by atoms with E-state index < -0.39 is 11.0 Å². The fourth-order valence-electron chi connectivity index (χ4n) is 4.97. The minimum absolute atomic E-state index is 0.301. The van der Waals surface area contributed by atoms with Gasteiger partial charge in [0.1, 0.15) is 17.0 Å². The number of nitriles is 1. The van der Waals surface area contributed by atoms with Crippen molar-refractivity contribution in [1.29, 1.82) is 5.26 Å². The van der Waals surface area contributed by atoms with Gasteiger partial charge in [0.05, 0.1) is 12.3 Å². The third-order valence-corrected chi connectivity index (χ3v) is 6.90. The molecule has 0 aliphatic heterocycles. The van der Waals surface area contributed by atoms with E-state index in [0.717, 1.165) is 16.7 Å². The monoisotopic (exact) mass is 517 g/mol. The van der Waals surface area contributed by atoms with Crippen molar-refractivity contribution in [1.82, 2.24) is 9.78 Å². The Balaban J connectivity index is 1.88. The summed E-state index contributed by atoms with van der Waals surface area (Å²) in [7, 11) is 1.84. The first-order chi connectivity index (χ1) is 18.7. The molecule has 0 radical (unpaired) electrons. The van der Waals surface area contributed by atoms with E-state index in [4.69, 9.17) is 0 Å². The van der Waals surface area contributed by atoms with Gasteiger partial charge in [-0.15, -0.1) is 0 Å². The van der Waals surface area contributed by atoms with Crippen molar-refractivity contribution < 1.29 is 4.79 Å². The molecule has 6 heteroatoms. The van der Waals surface area contributed by atoms with Gasteiger partial charge in [-0.05, 0) is 28.5 Å². The van der Waals surface area contributed by atoms with Crippen LogP contribution in [-0.2, 0) is 17.4 Å². The lowest BCUT2D eigenvalue weighted by Crippen LogP contribution is -2.39. The van der Waals surface area contributed by atoms with E-state index >= 15 is 0 Å². The summed E-state index contributed by atoms with van der Waals surface area (Å²) < 4.78 is 1.73. The number of hydrogen-bond donors (Lipinski definition) is 2.